The Morgan fingerprint density at radius 2 is 1.94 bits per heavy atom. The maximum atomic E-state index is 12.7. The lowest BCUT2D eigenvalue weighted by molar-refractivity contribution is -0.137. The molecule has 1 aliphatic heterocycles. The predicted octanol–water partition coefficient (Wildman–Crippen LogP) is 4.16. The Hall–Kier alpha value is -0.710. The van der Waals surface area contributed by atoms with Gasteiger partial charge in [-0.05, 0) is 36.2 Å². The second-order valence-electron chi connectivity index (χ2n) is 3.89. The van der Waals surface area contributed by atoms with Crippen molar-refractivity contribution >= 4 is 29.6 Å². The van der Waals surface area contributed by atoms with Crippen molar-refractivity contribution in [2.24, 2.45) is 0 Å². The molecular formula is C12H12Cl2F3N. The third-order valence-corrected chi connectivity index (χ3v) is 3.00. The van der Waals surface area contributed by atoms with Gasteiger partial charge in [0.1, 0.15) is 0 Å². The fraction of sp³-hybridized carbons (Fsp3) is 0.333. The molecule has 1 aromatic rings. The first-order valence-corrected chi connectivity index (χ1v) is 5.63. The molecule has 1 heterocycles. The zero-order valence-corrected chi connectivity index (χ0v) is 10.9. The fourth-order valence-corrected chi connectivity index (χ4v) is 2.03. The second kappa shape index (κ2) is 5.95. The third-order valence-electron chi connectivity index (χ3n) is 2.67. The SMILES string of the molecule is Cl.FC(F)(F)c1cc(C2=CCCNC2)ccc1Cl. The zero-order chi connectivity index (χ0) is 12.5. The standard InChI is InChI=1S/C12H11ClF3N.ClH/c13-11-4-3-8(6-10(11)12(14,15)16)9-2-1-5-17-7-9;/h2-4,6,17H,1,5,7H2;1H. The minimum absolute atomic E-state index is 0. The minimum Gasteiger partial charge on any atom is -0.312 e. The highest BCUT2D eigenvalue weighted by Gasteiger charge is 2.33. The first kappa shape index (κ1) is 15.3. The summed E-state index contributed by atoms with van der Waals surface area (Å²) in [7, 11) is 0. The summed E-state index contributed by atoms with van der Waals surface area (Å²) in [5.74, 6) is 0. The van der Waals surface area contributed by atoms with Gasteiger partial charge in [-0.1, -0.05) is 23.7 Å². The number of halogens is 5. The third kappa shape index (κ3) is 3.40. The smallest absolute Gasteiger partial charge is 0.312 e. The van der Waals surface area contributed by atoms with E-state index in [9.17, 15) is 13.2 Å². The lowest BCUT2D eigenvalue weighted by atomic mass is 10.00. The van der Waals surface area contributed by atoms with Crippen molar-refractivity contribution in [3.63, 3.8) is 0 Å². The van der Waals surface area contributed by atoms with Gasteiger partial charge >= 0.3 is 6.18 Å². The van der Waals surface area contributed by atoms with E-state index in [-0.39, 0.29) is 17.4 Å². The monoisotopic (exact) mass is 297 g/mol. The minimum atomic E-state index is -4.41. The lowest BCUT2D eigenvalue weighted by Gasteiger charge is -2.16. The Morgan fingerprint density at radius 1 is 1.22 bits per heavy atom. The van der Waals surface area contributed by atoms with Crippen LogP contribution in [-0.2, 0) is 6.18 Å². The van der Waals surface area contributed by atoms with Crippen LogP contribution in [0.5, 0.6) is 0 Å². The first-order valence-electron chi connectivity index (χ1n) is 5.25. The van der Waals surface area contributed by atoms with Crippen LogP contribution in [0.3, 0.4) is 0 Å². The highest BCUT2D eigenvalue weighted by Crippen LogP contribution is 2.36. The summed E-state index contributed by atoms with van der Waals surface area (Å²) in [4.78, 5) is 0. The topological polar surface area (TPSA) is 12.0 Å². The molecule has 0 saturated carbocycles. The summed E-state index contributed by atoms with van der Waals surface area (Å²) in [6.45, 7) is 1.46. The Kier molecular flexibility index (Phi) is 5.08. The normalized spacial score (nSPS) is 15.9. The molecule has 0 unspecified atom stereocenters. The molecule has 0 atom stereocenters. The lowest BCUT2D eigenvalue weighted by Crippen LogP contribution is -2.21. The molecular weight excluding hydrogens is 286 g/mol. The summed E-state index contributed by atoms with van der Waals surface area (Å²) < 4.78 is 38.0. The molecule has 1 nitrogen and oxygen atoms in total. The average molecular weight is 298 g/mol. The number of hydrogen-bond donors (Lipinski definition) is 1. The molecule has 0 aliphatic carbocycles. The van der Waals surface area contributed by atoms with Gasteiger partial charge in [0.15, 0.2) is 0 Å². The van der Waals surface area contributed by atoms with E-state index in [1.54, 1.807) is 6.07 Å². The van der Waals surface area contributed by atoms with Gasteiger partial charge in [-0.2, -0.15) is 13.2 Å². The predicted molar refractivity (Wildman–Crippen MR) is 69.2 cm³/mol. The Bertz CT molecular complexity index is 455. The van der Waals surface area contributed by atoms with Gasteiger partial charge < -0.3 is 5.32 Å². The van der Waals surface area contributed by atoms with Gasteiger partial charge in [-0.15, -0.1) is 12.4 Å². The first-order chi connectivity index (χ1) is 7.98. The molecule has 0 amide bonds. The van der Waals surface area contributed by atoms with Crippen molar-refractivity contribution < 1.29 is 13.2 Å². The van der Waals surface area contributed by atoms with Crippen LogP contribution in [0.1, 0.15) is 17.5 Å². The van der Waals surface area contributed by atoms with E-state index < -0.39 is 11.7 Å². The van der Waals surface area contributed by atoms with Gasteiger partial charge in [0, 0.05) is 6.54 Å². The number of hydrogen-bond acceptors (Lipinski definition) is 1. The van der Waals surface area contributed by atoms with E-state index in [1.165, 1.54) is 6.07 Å². The van der Waals surface area contributed by atoms with Crippen molar-refractivity contribution in [1.29, 1.82) is 0 Å². The van der Waals surface area contributed by atoms with Crippen LogP contribution in [0.4, 0.5) is 13.2 Å². The average Bonchev–Trinajstić information content (AvgIpc) is 2.29. The number of nitrogens with one attached hydrogen (secondary N) is 1. The maximum absolute atomic E-state index is 12.7. The fourth-order valence-electron chi connectivity index (χ4n) is 1.81. The van der Waals surface area contributed by atoms with E-state index in [2.05, 4.69) is 5.32 Å². The van der Waals surface area contributed by atoms with Crippen molar-refractivity contribution in [3.05, 3.63) is 40.4 Å². The highest BCUT2D eigenvalue weighted by molar-refractivity contribution is 6.31. The van der Waals surface area contributed by atoms with Crippen LogP contribution in [0.25, 0.3) is 5.57 Å². The largest absolute Gasteiger partial charge is 0.417 e. The quantitative estimate of drug-likeness (QED) is 0.821. The second-order valence-corrected chi connectivity index (χ2v) is 4.29. The molecule has 6 heteroatoms. The van der Waals surface area contributed by atoms with Crippen molar-refractivity contribution in [3.8, 4) is 0 Å². The Labute approximate surface area is 114 Å². The van der Waals surface area contributed by atoms with Gasteiger partial charge in [-0.25, -0.2) is 0 Å². The summed E-state index contributed by atoms with van der Waals surface area (Å²) in [6, 6.07) is 4.03. The van der Waals surface area contributed by atoms with E-state index in [0.717, 1.165) is 24.6 Å². The molecule has 0 fully saturated rings. The summed E-state index contributed by atoms with van der Waals surface area (Å²) >= 11 is 5.56. The molecule has 0 bridgehead atoms. The summed E-state index contributed by atoms with van der Waals surface area (Å²) in [5.41, 5.74) is 0.690. The molecule has 1 aliphatic rings. The van der Waals surface area contributed by atoms with E-state index in [1.807, 2.05) is 6.08 Å². The van der Waals surface area contributed by atoms with Gasteiger partial charge in [-0.3, -0.25) is 0 Å². The van der Waals surface area contributed by atoms with Crippen molar-refractivity contribution in [2.45, 2.75) is 12.6 Å². The molecule has 0 radical (unpaired) electrons. The highest BCUT2D eigenvalue weighted by atomic mass is 35.5. The van der Waals surface area contributed by atoms with Crippen LogP contribution in [-0.4, -0.2) is 13.1 Å². The van der Waals surface area contributed by atoms with E-state index >= 15 is 0 Å². The van der Waals surface area contributed by atoms with Crippen LogP contribution < -0.4 is 5.32 Å². The molecule has 0 saturated heterocycles. The summed E-state index contributed by atoms with van der Waals surface area (Å²) in [5, 5.41) is 2.86. The van der Waals surface area contributed by atoms with Gasteiger partial charge in [0.05, 0.1) is 10.6 Å². The number of benzene rings is 1. The Balaban J connectivity index is 0.00000162. The van der Waals surface area contributed by atoms with Gasteiger partial charge in [0.25, 0.3) is 0 Å². The van der Waals surface area contributed by atoms with E-state index in [4.69, 9.17) is 11.6 Å². The molecule has 2 rings (SSSR count). The van der Waals surface area contributed by atoms with Crippen LogP contribution >= 0.6 is 24.0 Å². The number of alkyl halides is 3. The molecule has 1 aromatic carbocycles. The van der Waals surface area contributed by atoms with Crippen LogP contribution in [0.2, 0.25) is 5.02 Å². The molecule has 0 aromatic heterocycles. The zero-order valence-electron chi connectivity index (χ0n) is 9.35. The molecule has 1 N–H and O–H groups in total. The summed E-state index contributed by atoms with van der Waals surface area (Å²) in [6.07, 6.45) is -1.62. The molecule has 100 valence electrons. The maximum Gasteiger partial charge on any atom is 0.417 e. The Morgan fingerprint density at radius 3 is 2.50 bits per heavy atom. The van der Waals surface area contributed by atoms with Gasteiger partial charge in [0.2, 0.25) is 0 Å². The van der Waals surface area contributed by atoms with Crippen molar-refractivity contribution in [1.82, 2.24) is 5.32 Å². The molecule has 18 heavy (non-hydrogen) atoms. The number of rotatable bonds is 1. The van der Waals surface area contributed by atoms with Crippen LogP contribution in [0, 0.1) is 0 Å². The molecule has 0 spiro atoms. The van der Waals surface area contributed by atoms with Crippen molar-refractivity contribution in [2.75, 3.05) is 13.1 Å². The van der Waals surface area contributed by atoms with E-state index in [0.29, 0.717) is 12.1 Å². The van der Waals surface area contributed by atoms with Crippen LogP contribution in [0.15, 0.2) is 24.3 Å².